The number of carbonyl (C=O) groups is 1. The fraction of sp³-hybridized carbons (Fsp3) is 0.500. The number of carbonyl (C=O) groups excluding carboxylic acids is 1. The van der Waals surface area contributed by atoms with E-state index in [-0.39, 0.29) is 18.3 Å². The Balaban J connectivity index is 0.00000180. The van der Waals surface area contributed by atoms with E-state index in [1.54, 1.807) is 0 Å². The first-order valence-electron chi connectivity index (χ1n) is 6.28. The summed E-state index contributed by atoms with van der Waals surface area (Å²) >= 11 is 3.50. The molecule has 0 saturated carbocycles. The number of aryl methyl sites for hydroxylation is 2. The Morgan fingerprint density at radius 2 is 2.05 bits per heavy atom. The average molecular weight is 348 g/mol. The van der Waals surface area contributed by atoms with Gasteiger partial charge in [0.1, 0.15) is 0 Å². The Labute approximate surface area is 129 Å². The smallest absolute Gasteiger partial charge is 0.254 e. The van der Waals surface area contributed by atoms with Gasteiger partial charge in [0.2, 0.25) is 0 Å². The predicted octanol–water partition coefficient (Wildman–Crippen LogP) is 2.92. The predicted molar refractivity (Wildman–Crippen MR) is 84.2 cm³/mol. The zero-order valence-corrected chi connectivity index (χ0v) is 13.9. The number of piperazine rings is 1. The maximum Gasteiger partial charge on any atom is 0.254 e. The van der Waals surface area contributed by atoms with Gasteiger partial charge in [-0.2, -0.15) is 0 Å². The molecule has 1 aliphatic heterocycles. The minimum Gasteiger partial charge on any atom is -0.336 e. The van der Waals surface area contributed by atoms with Gasteiger partial charge in [-0.05, 0) is 44.0 Å². The van der Waals surface area contributed by atoms with Gasteiger partial charge in [-0.25, -0.2) is 0 Å². The highest BCUT2D eigenvalue weighted by atomic mass is 79.9. The molecule has 3 nitrogen and oxygen atoms in total. The van der Waals surface area contributed by atoms with Gasteiger partial charge in [0.25, 0.3) is 5.91 Å². The van der Waals surface area contributed by atoms with Gasteiger partial charge in [0.05, 0.1) is 0 Å². The Morgan fingerprint density at radius 3 is 2.68 bits per heavy atom. The molecule has 1 aromatic carbocycles. The van der Waals surface area contributed by atoms with Crippen molar-refractivity contribution in [2.45, 2.75) is 26.8 Å². The summed E-state index contributed by atoms with van der Waals surface area (Å²) < 4.78 is 1.06. The lowest BCUT2D eigenvalue weighted by atomic mass is 10.0. The highest BCUT2D eigenvalue weighted by Gasteiger charge is 2.23. The van der Waals surface area contributed by atoms with Crippen LogP contribution in [0.4, 0.5) is 0 Å². The molecule has 2 rings (SSSR count). The standard InChI is InChI=1S/C14H19BrN2O.ClH/c1-9-7-13(15)10(2)6-12(9)14(18)17-5-4-16-11(3)8-17;/h6-7,11,16H,4-5,8H2,1-3H3;1H/t11-;/m1./s1. The molecule has 106 valence electrons. The number of nitrogens with one attached hydrogen (secondary N) is 1. The van der Waals surface area contributed by atoms with E-state index in [0.29, 0.717) is 6.04 Å². The summed E-state index contributed by atoms with van der Waals surface area (Å²) in [5.41, 5.74) is 2.96. The van der Waals surface area contributed by atoms with Crippen LogP contribution in [0.15, 0.2) is 16.6 Å². The quantitative estimate of drug-likeness (QED) is 0.847. The number of halogens is 2. The van der Waals surface area contributed by atoms with Crippen molar-refractivity contribution in [2.24, 2.45) is 0 Å². The zero-order valence-electron chi connectivity index (χ0n) is 11.5. The molecule has 1 N–H and O–H groups in total. The fourth-order valence-corrected chi connectivity index (χ4v) is 2.76. The second-order valence-corrected chi connectivity index (χ2v) is 5.88. The molecular formula is C14H20BrClN2O. The normalized spacial score (nSPS) is 18.9. The molecule has 19 heavy (non-hydrogen) atoms. The SMILES string of the molecule is Cc1cc(C(=O)N2CCN[C@H](C)C2)c(C)cc1Br.Cl. The van der Waals surface area contributed by atoms with E-state index in [1.165, 1.54) is 0 Å². The van der Waals surface area contributed by atoms with Crippen LogP contribution in [0.1, 0.15) is 28.4 Å². The van der Waals surface area contributed by atoms with E-state index in [2.05, 4.69) is 28.2 Å². The maximum absolute atomic E-state index is 12.5. The highest BCUT2D eigenvalue weighted by Crippen LogP contribution is 2.22. The molecule has 0 radical (unpaired) electrons. The minimum absolute atomic E-state index is 0. The van der Waals surface area contributed by atoms with Crippen LogP contribution in [0.3, 0.4) is 0 Å². The topological polar surface area (TPSA) is 32.3 Å². The number of hydrogen-bond donors (Lipinski definition) is 1. The van der Waals surface area contributed by atoms with Gasteiger partial charge >= 0.3 is 0 Å². The number of rotatable bonds is 1. The largest absolute Gasteiger partial charge is 0.336 e. The van der Waals surface area contributed by atoms with Crippen LogP contribution < -0.4 is 5.32 Å². The molecule has 5 heteroatoms. The summed E-state index contributed by atoms with van der Waals surface area (Å²) in [5.74, 6) is 0.149. The Hall–Kier alpha value is -0.580. The summed E-state index contributed by atoms with van der Waals surface area (Å²) in [6.45, 7) is 8.56. The summed E-state index contributed by atoms with van der Waals surface area (Å²) in [6.07, 6.45) is 0. The van der Waals surface area contributed by atoms with E-state index in [4.69, 9.17) is 0 Å². The molecule has 1 saturated heterocycles. The van der Waals surface area contributed by atoms with Crippen LogP contribution in [-0.2, 0) is 0 Å². The van der Waals surface area contributed by atoms with Gasteiger partial charge in [-0.15, -0.1) is 12.4 Å². The van der Waals surface area contributed by atoms with Gasteiger partial charge < -0.3 is 10.2 Å². The molecule has 1 atom stereocenters. The number of amides is 1. The second kappa shape index (κ2) is 6.73. The van der Waals surface area contributed by atoms with E-state index in [9.17, 15) is 4.79 Å². The lowest BCUT2D eigenvalue weighted by molar-refractivity contribution is 0.0708. The van der Waals surface area contributed by atoms with Crippen molar-refractivity contribution >= 4 is 34.2 Å². The molecule has 1 amide bonds. The summed E-state index contributed by atoms with van der Waals surface area (Å²) in [7, 11) is 0. The van der Waals surface area contributed by atoms with Gasteiger partial charge in [0, 0.05) is 35.7 Å². The molecule has 1 heterocycles. The van der Waals surface area contributed by atoms with Crippen molar-refractivity contribution in [1.29, 1.82) is 0 Å². The zero-order chi connectivity index (χ0) is 13.3. The Bertz CT molecular complexity index is 479. The Kier molecular flexibility index (Phi) is 5.83. The first kappa shape index (κ1) is 16.5. The lowest BCUT2D eigenvalue weighted by Gasteiger charge is -2.32. The Morgan fingerprint density at radius 1 is 1.37 bits per heavy atom. The van der Waals surface area contributed by atoms with Crippen LogP contribution in [0.25, 0.3) is 0 Å². The molecular weight excluding hydrogens is 328 g/mol. The third kappa shape index (κ3) is 3.71. The molecule has 0 spiro atoms. The molecule has 0 aromatic heterocycles. The molecule has 1 fully saturated rings. The minimum atomic E-state index is 0. The van der Waals surface area contributed by atoms with Crippen molar-refractivity contribution in [1.82, 2.24) is 10.2 Å². The number of hydrogen-bond acceptors (Lipinski definition) is 2. The van der Waals surface area contributed by atoms with E-state index >= 15 is 0 Å². The van der Waals surface area contributed by atoms with Crippen molar-refractivity contribution in [3.8, 4) is 0 Å². The average Bonchev–Trinajstić information content (AvgIpc) is 2.33. The third-order valence-corrected chi connectivity index (χ3v) is 4.25. The molecule has 1 aromatic rings. The summed E-state index contributed by atoms with van der Waals surface area (Å²) in [5, 5.41) is 3.35. The first-order chi connectivity index (χ1) is 8.49. The number of benzene rings is 1. The lowest BCUT2D eigenvalue weighted by Crippen LogP contribution is -2.51. The second-order valence-electron chi connectivity index (χ2n) is 5.02. The van der Waals surface area contributed by atoms with Gasteiger partial charge in [-0.1, -0.05) is 15.9 Å². The van der Waals surface area contributed by atoms with Crippen molar-refractivity contribution in [3.63, 3.8) is 0 Å². The molecule has 0 aliphatic carbocycles. The monoisotopic (exact) mass is 346 g/mol. The highest BCUT2D eigenvalue weighted by molar-refractivity contribution is 9.10. The fourth-order valence-electron chi connectivity index (χ4n) is 2.30. The van der Waals surface area contributed by atoms with Gasteiger partial charge in [0.15, 0.2) is 0 Å². The molecule has 1 aliphatic rings. The van der Waals surface area contributed by atoms with Crippen LogP contribution in [0.5, 0.6) is 0 Å². The number of nitrogens with zero attached hydrogens (tertiary/aromatic N) is 1. The molecule has 0 bridgehead atoms. The van der Waals surface area contributed by atoms with Crippen LogP contribution >= 0.6 is 28.3 Å². The maximum atomic E-state index is 12.5. The van der Waals surface area contributed by atoms with E-state index in [1.807, 2.05) is 30.9 Å². The van der Waals surface area contributed by atoms with Crippen molar-refractivity contribution in [3.05, 3.63) is 33.3 Å². The van der Waals surface area contributed by atoms with Crippen LogP contribution in [0.2, 0.25) is 0 Å². The van der Waals surface area contributed by atoms with Crippen LogP contribution in [0, 0.1) is 13.8 Å². The van der Waals surface area contributed by atoms with Gasteiger partial charge in [-0.3, -0.25) is 4.79 Å². The third-order valence-electron chi connectivity index (χ3n) is 3.39. The summed E-state index contributed by atoms with van der Waals surface area (Å²) in [6, 6.07) is 4.38. The van der Waals surface area contributed by atoms with E-state index < -0.39 is 0 Å². The first-order valence-corrected chi connectivity index (χ1v) is 7.07. The van der Waals surface area contributed by atoms with Crippen molar-refractivity contribution < 1.29 is 4.79 Å². The van der Waals surface area contributed by atoms with E-state index in [0.717, 1.165) is 40.8 Å². The molecule has 0 unspecified atom stereocenters. The summed E-state index contributed by atoms with van der Waals surface area (Å²) in [4.78, 5) is 14.5. The van der Waals surface area contributed by atoms with Crippen molar-refractivity contribution in [2.75, 3.05) is 19.6 Å². The van der Waals surface area contributed by atoms with Crippen LogP contribution in [-0.4, -0.2) is 36.5 Å².